The number of aromatic nitrogens is 1. The number of unbranched alkanes of at least 4 members (excludes halogenated alkanes) is 14. The summed E-state index contributed by atoms with van der Waals surface area (Å²) in [6, 6.07) is 15.5. The van der Waals surface area contributed by atoms with E-state index in [0.717, 1.165) is 0 Å². The summed E-state index contributed by atoms with van der Waals surface area (Å²) in [6.07, 6.45) is 22.6. The van der Waals surface area contributed by atoms with Crippen molar-refractivity contribution in [2.75, 3.05) is 0 Å². The SMILES string of the molecule is CCCCCCCCCCCCCCCCCc1cccc2c1[nH]c1ccccc12. The van der Waals surface area contributed by atoms with Crippen LogP contribution in [0.1, 0.15) is 109 Å². The predicted octanol–water partition coefficient (Wildman–Crippen LogP) is 9.73. The highest BCUT2D eigenvalue weighted by Gasteiger charge is 2.07. The van der Waals surface area contributed by atoms with E-state index in [2.05, 4.69) is 54.4 Å². The van der Waals surface area contributed by atoms with Crippen molar-refractivity contribution < 1.29 is 0 Å². The first-order chi connectivity index (χ1) is 14.9. The van der Waals surface area contributed by atoms with Gasteiger partial charge in [-0.25, -0.2) is 0 Å². The molecule has 3 rings (SSSR count). The minimum atomic E-state index is 1.20. The van der Waals surface area contributed by atoms with Gasteiger partial charge in [0.15, 0.2) is 0 Å². The predicted molar refractivity (Wildman–Crippen MR) is 134 cm³/mol. The number of para-hydroxylation sites is 2. The minimum absolute atomic E-state index is 1.20. The highest BCUT2D eigenvalue weighted by atomic mass is 14.7. The molecular formula is C29H43N. The Kier molecular flexibility index (Phi) is 10.3. The van der Waals surface area contributed by atoms with Crippen molar-refractivity contribution in [3.05, 3.63) is 48.0 Å². The van der Waals surface area contributed by atoms with Gasteiger partial charge in [0.05, 0.1) is 0 Å². The maximum Gasteiger partial charge on any atom is 0.0497 e. The summed E-state index contributed by atoms with van der Waals surface area (Å²) in [7, 11) is 0. The van der Waals surface area contributed by atoms with Crippen molar-refractivity contribution in [3.8, 4) is 0 Å². The third-order valence-electron chi connectivity index (χ3n) is 6.68. The molecule has 0 saturated carbocycles. The molecule has 1 heteroatoms. The summed E-state index contributed by atoms with van der Waals surface area (Å²) >= 11 is 0. The van der Waals surface area contributed by atoms with Crippen LogP contribution in [-0.4, -0.2) is 4.98 Å². The molecule has 0 amide bonds. The van der Waals surface area contributed by atoms with Crippen LogP contribution in [0.5, 0.6) is 0 Å². The van der Waals surface area contributed by atoms with Gasteiger partial charge < -0.3 is 4.98 Å². The number of aryl methyl sites for hydroxylation is 1. The third kappa shape index (κ3) is 7.18. The van der Waals surface area contributed by atoms with Gasteiger partial charge in [-0.15, -0.1) is 0 Å². The van der Waals surface area contributed by atoms with E-state index in [1.807, 2.05) is 0 Å². The molecule has 0 unspecified atom stereocenters. The molecular weight excluding hydrogens is 362 g/mol. The number of hydrogen-bond acceptors (Lipinski definition) is 0. The molecule has 1 heterocycles. The summed E-state index contributed by atoms with van der Waals surface area (Å²) in [4.78, 5) is 3.65. The maximum absolute atomic E-state index is 3.65. The lowest BCUT2D eigenvalue weighted by Crippen LogP contribution is -1.88. The van der Waals surface area contributed by atoms with Crippen molar-refractivity contribution >= 4 is 21.8 Å². The molecule has 0 fully saturated rings. The van der Waals surface area contributed by atoms with Crippen LogP contribution < -0.4 is 0 Å². The number of hydrogen-bond donors (Lipinski definition) is 1. The van der Waals surface area contributed by atoms with E-state index in [9.17, 15) is 0 Å². The fraction of sp³-hybridized carbons (Fsp3) is 0.586. The van der Waals surface area contributed by atoms with E-state index >= 15 is 0 Å². The fourth-order valence-corrected chi connectivity index (χ4v) is 4.83. The van der Waals surface area contributed by atoms with Crippen molar-refractivity contribution in [2.45, 2.75) is 110 Å². The van der Waals surface area contributed by atoms with E-state index < -0.39 is 0 Å². The summed E-state index contributed by atoms with van der Waals surface area (Å²) in [5.41, 5.74) is 4.10. The summed E-state index contributed by atoms with van der Waals surface area (Å²) < 4.78 is 0. The number of H-pyrrole nitrogens is 1. The van der Waals surface area contributed by atoms with Crippen LogP contribution in [0.3, 0.4) is 0 Å². The zero-order valence-electron chi connectivity index (χ0n) is 19.4. The van der Waals surface area contributed by atoms with Crippen LogP contribution in [0.25, 0.3) is 21.8 Å². The standard InChI is InChI=1S/C29H43N/c1-2-3-4-5-6-7-8-9-10-11-12-13-14-15-16-20-25-21-19-23-27-26-22-17-18-24-28(26)30-29(25)27/h17-19,21-24,30H,2-16,20H2,1H3. The lowest BCUT2D eigenvalue weighted by atomic mass is 10.0. The number of fused-ring (bicyclic) bond motifs is 3. The average Bonchev–Trinajstić information content (AvgIpc) is 3.16. The smallest absolute Gasteiger partial charge is 0.0497 e. The number of rotatable bonds is 16. The molecule has 0 radical (unpaired) electrons. The Morgan fingerprint density at radius 3 is 1.70 bits per heavy atom. The van der Waals surface area contributed by atoms with Crippen molar-refractivity contribution in [3.63, 3.8) is 0 Å². The van der Waals surface area contributed by atoms with Gasteiger partial charge in [0.25, 0.3) is 0 Å². The molecule has 2 aromatic carbocycles. The van der Waals surface area contributed by atoms with Crippen molar-refractivity contribution in [1.82, 2.24) is 4.98 Å². The molecule has 1 aromatic heterocycles. The Morgan fingerprint density at radius 1 is 0.533 bits per heavy atom. The van der Waals surface area contributed by atoms with Gasteiger partial charge in [0, 0.05) is 21.8 Å². The van der Waals surface area contributed by atoms with E-state index in [4.69, 9.17) is 0 Å². The summed E-state index contributed by atoms with van der Waals surface area (Å²) in [5, 5.41) is 2.73. The molecule has 0 aliphatic carbocycles. The third-order valence-corrected chi connectivity index (χ3v) is 6.68. The first-order valence-corrected chi connectivity index (χ1v) is 12.9. The highest BCUT2D eigenvalue weighted by molar-refractivity contribution is 6.08. The molecule has 0 spiro atoms. The highest BCUT2D eigenvalue weighted by Crippen LogP contribution is 2.28. The van der Waals surface area contributed by atoms with E-state index in [1.165, 1.54) is 130 Å². The lowest BCUT2D eigenvalue weighted by molar-refractivity contribution is 0.532. The van der Waals surface area contributed by atoms with Crippen LogP contribution in [0.2, 0.25) is 0 Å². The van der Waals surface area contributed by atoms with Gasteiger partial charge in [-0.1, -0.05) is 133 Å². The van der Waals surface area contributed by atoms with E-state index in [0.29, 0.717) is 0 Å². The lowest BCUT2D eigenvalue weighted by Gasteiger charge is -2.05. The molecule has 164 valence electrons. The minimum Gasteiger partial charge on any atom is -0.354 e. The molecule has 1 nitrogen and oxygen atoms in total. The van der Waals surface area contributed by atoms with E-state index in [-0.39, 0.29) is 0 Å². The molecule has 0 aliphatic rings. The molecule has 0 saturated heterocycles. The first-order valence-electron chi connectivity index (χ1n) is 12.9. The van der Waals surface area contributed by atoms with Crippen molar-refractivity contribution in [2.24, 2.45) is 0 Å². The van der Waals surface area contributed by atoms with Crippen LogP contribution >= 0.6 is 0 Å². The Labute approximate surface area is 184 Å². The van der Waals surface area contributed by atoms with Gasteiger partial charge in [-0.2, -0.15) is 0 Å². The first kappa shape index (κ1) is 22.9. The van der Waals surface area contributed by atoms with Gasteiger partial charge in [-0.3, -0.25) is 0 Å². The number of aromatic amines is 1. The van der Waals surface area contributed by atoms with Gasteiger partial charge in [0.1, 0.15) is 0 Å². The van der Waals surface area contributed by atoms with Gasteiger partial charge in [0.2, 0.25) is 0 Å². The maximum atomic E-state index is 3.65. The zero-order chi connectivity index (χ0) is 20.9. The second-order valence-electron chi connectivity index (χ2n) is 9.21. The van der Waals surface area contributed by atoms with Gasteiger partial charge >= 0.3 is 0 Å². The second kappa shape index (κ2) is 13.5. The molecule has 3 aromatic rings. The van der Waals surface area contributed by atoms with Gasteiger partial charge in [-0.05, 0) is 24.5 Å². The molecule has 30 heavy (non-hydrogen) atoms. The Morgan fingerprint density at radius 2 is 1.07 bits per heavy atom. The number of nitrogens with one attached hydrogen (secondary N) is 1. The largest absolute Gasteiger partial charge is 0.354 e. The Bertz CT molecular complexity index is 844. The average molecular weight is 406 g/mol. The van der Waals surface area contributed by atoms with Crippen LogP contribution in [0, 0.1) is 0 Å². The molecule has 0 bridgehead atoms. The van der Waals surface area contributed by atoms with E-state index in [1.54, 1.807) is 0 Å². The van der Waals surface area contributed by atoms with Crippen molar-refractivity contribution in [1.29, 1.82) is 0 Å². The zero-order valence-corrected chi connectivity index (χ0v) is 19.4. The molecule has 1 N–H and O–H groups in total. The molecule has 0 aliphatic heterocycles. The summed E-state index contributed by atoms with van der Waals surface area (Å²) in [6.45, 7) is 2.30. The normalized spacial score (nSPS) is 11.6. The second-order valence-corrected chi connectivity index (χ2v) is 9.21. The Hall–Kier alpha value is -1.76. The number of benzene rings is 2. The summed E-state index contributed by atoms with van der Waals surface area (Å²) in [5.74, 6) is 0. The molecule has 0 atom stereocenters. The fourth-order valence-electron chi connectivity index (χ4n) is 4.83. The topological polar surface area (TPSA) is 15.8 Å². The van der Waals surface area contributed by atoms with Crippen LogP contribution in [-0.2, 0) is 6.42 Å². The van der Waals surface area contributed by atoms with Crippen LogP contribution in [0.4, 0.5) is 0 Å². The Balaban J connectivity index is 1.22. The quantitative estimate of drug-likeness (QED) is 0.228. The van der Waals surface area contributed by atoms with Crippen LogP contribution in [0.15, 0.2) is 42.5 Å². The monoisotopic (exact) mass is 405 g/mol.